The topological polar surface area (TPSA) is 96.9 Å². The fourth-order valence-electron chi connectivity index (χ4n) is 3.43. The van der Waals surface area contributed by atoms with Crippen LogP contribution in [-0.4, -0.2) is 24.0 Å². The van der Waals surface area contributed by atoms with Crippen LogP contribution in [0.5, 0.6) is 5.75 Å². The Hall–Kier alpha value is -3.79. The Kier molecular flexibility index (Phi) is 9.29. The molecule has 0 saturated heterocycles. The number of benzene rings is 4. The molecule has 0 radical (unpaired) electrons. The van der Waals surface area contributed by atoms with Crippen LogP contribution in [0.2, 0.25) is 5.02 Å². The molecule has 0 saturated carbocycles. The third-order valence-electron chi connectivity index (χ3n) is 5.39. The Morgan fingerprint density at radius 1 is 0.872 bits per heavy atom. The van der Waals surface area contributed by atoms with E-state index in [4.69, 9.17) is 16.3 Å². The van der Waals surface area contributed by atoms with Gasteiger partial charge in [-0.3, -0.25) is 9.59 Å². The molecule has 0 aliphatic heterocycles. The molecule has 4 aromatic rings. The van der Waals surface area contributed by atoms with Gasteiger partial charge in [0, 0.05) is 21.3 Å². The molecule has 0 unspecified atom stereocenters. The van der Waals surface area contributed by atoms with Crippen molar-refractivity contribution in [2.75, 3.05) is 5.32 Å². The van der Waals surface area contributed by atoms with Crippen LogP contribution >= 0.6 is 43.5 Å². The van der Waals surface area contributed by atoms with Crippen LogP contribution in [0.25, 0.3) is 0 Å². The van der Waals surface area contributed by atoms with Gasteiger partial charge in [-0.05, 0) is 77.5 Å². The zero-order chi connectivity index (χ0) is 27.9. The Labute approximate surface area is 246 Å². The van der Waals surface area contributed by atoms with Gasteiger partial charge < -0.3 is 10.1 Å². The Morgan fingerprint density at radius 2 is 1.62 bits per heavy atom. The predicted octanol–water partition coefficient (Wildman–Crippen LogP) is 7.41. The van der Waals surface area contributed by atoms with Crippen molar-refractivity contribution >= 4 is 73.1 Å². The lowest BCUT2D eigenvalue weighted by Gasteiger charge is -2.11. The normalized spacial score (nSPS) is 10.8. The van der Waals surface area contributed by atoms with E-state index in [1.165, 1.54) is 12.3 Å². The van der Waals surface area contributed by atoms with Gasteiger partial charge in [-0.25, -0.2) is 10.2 Å². The maximum absolute atomic E-state index is 12.7. The van der Waals surface area contributed by atoms with E-state index in [9.17, 15) is 14.4 Å². The van der Waals surface area contributed by atoms with Crippen molar-refractivity contribution in [2.24, 2.45) is 5.10 Å². The molecule has 196 valence electrons. The van der Waals surface area contributed by atoms with E-state index >= 15 is 0 Å². The number of ether oxygens (including phenoxy) is 1. The minimum atomic E-state index is -0.535. The van der Waals surface area contributed by atoms with Crippen molar-refractivity contribution in [1.82, 2.24) is 5.43 Å². The zero-order valence-electron chi connectivity index (χ0n) is 20.4. The zero-order valence-corrected chi connectivity index (χ0v) is 24.3. The molecule has 0 bridgehead atoms. The predicted molar refractivity (Wildman–Crippen MR) is 159 cm³/mol. The summed E-state index contributed by atoms with van der Waals surface area (Å²) in [4.78, 5) is 38.0. The molecular weight excluding hydrogens is 650 g/mol. The highest BCUT2D eigenvalue weighted by atomic mass is 79.9. The van der Waals surface area contributed by atoms with Crippen molar-refractivity contribution in [2.45, 2.75) is 6.92 Å². The molecule has 4 aromatic carbocycles. The Bertz CT molecular complexity index is 1590. The van der Waals surface area contributed by atoms with Gasteiger partial charge in [0.1, 0.15) is 0 Å². The first-order valence-electron chi connectivity index (χ1n) is 11.5. The number of nitrogens with zero attached hydrogens (tertiary/aromatic N) is 1. The molecule has 0 aliphatic rings. The molecule has 0 heterocycles. The fourth-order valence-corrected chi connectivity index (χ4v) is 4.99. The Morgan fingerprint density at radius 3 is 2.36 bits per heavy atom. The van der Waals surface area contributed by atoms with Crippen molar-refractivity contribution in [3.8, 4) is 5.75 Å². The summed E-state index contributed by atoms with van der Waals surface area (Å²) >= 11 is 12.9. The average molecular weight is 670 g/mol. The number of hydrazone groups is 1. The molecule has 10 heteroatoms. The number of carbonyl (C=O) groups is 3. The summed E-state index contributed by atoms with van der Waals surface area (Å²) in [6.45, 7) is 1.93. The molecule has 39 heavy (non-hydrogen) atoms. The summed E-state index contributed by atoms with van der Waals surface area (Å²) in [6, 6.07) is 23.5. The van der Waals surface area contributed by atoms with E-state index in [0.29, 0.717) is 36.3 Å². The number of halogens is 3. The molecule has 0 aliphatic carbocycles. The number of amides is 2. The summed E-state index contributed by atoms with van der Waals surface area (Å²) in [5, 5.41) is 7.09. The lowest BCUT2D eigenvalue weighted by atomic mass is 10.1. The monoisotopic (exact) mass is 667 g/mol. The molecular formula is C29H20Br2ClN3O4. The van der Waals surface area contributed by atoms with Crippen molar-refractivity contribution < 1.29 is 19.1 Å². The lowest BCUT2D eigenvalue weighted by molar-refractivity contribution is 0.0732. The van der Waals surface area contributed by atoms with Crippen LogP contribution in [0.3, 0.4) is 0 Å². The van der Waals surface area contributed by atoms with Crippen LogP contribution in [0.4, 0.5) is 5.69 Å². The number of esters is 1. The standard InChI is InChI=1S/C29H20Br2ClN3O4/c1-17-9-11-18(12-10-17)29(38)39-26-20(13-21(30)15-24(26)31)16-33-35-27(36)19-5-4-6-22(14-19)34-28(37)23-7-2-3-8-25(23)32/h2-16H,1H3,(H,34,37)(H,35,36). The van der Waals surface area contributed by atoms with Gasteiger partial charge >= 0.3 is 5.97 Å². The van der Waals surface area contributed by atoms with Gasteiger partial charge in [-0.1, -0.05) is 63.4 Å². The van der Waals surface area contributed by atoms with Gasteiger partial charge in [-0.15, -0.1) is 0 Å². The molecule has 4 rings (SSSR count). The van der Waals surface area contributed by atoms with Gasteiger partial charge in [0.15, 0.2) is 5.75 Å². The van der Waals surface area contributed by atoms with Crippen LogP contribution in [0.1, 0.15) is 42.2 Å². The van der Waals surface area contributed by atoms with Crippen LogP contribution in [0.15, 0.2) is 99.0 Å². The van der Waals surface area contributed by atoms with Crippen molar-refractivity contribution in [3.05, 3.63) is 127 Å². The summed E-state index contributed by atoms with van der Waals surface area (Å²) in [5.74, 6) is -1.20. The van der Waals surface area contributed by atoms with Crippen LogP contribution < -0.4 is 15.5 Å². The van der Waals surface area contributed by atoms with E-state index in [1.807, 2.05) is 19.1 Å². The largest absolute Gasteiger partial charge is 0.421 e. The Balaban J connectivity index is 1.46. The summed E-state index contributed by atoms with van der Waals surface area (Å²) in [5.41, 5.74) is 5.31. The first-order chi connectivity index (χ1) is 18.7. The number of aryl methyl sites for hydroxylation is 1. The number of hydrogen-bond donors (Lipinski definition) is 2. The van der Waals surface area contributed by atoms with Gasteiger partial charge in [0.05, 0.1) is 26.8 Å². The maximum Gasteiger partial charge on any atom is 0.343 e. The first kappa shape index (κ1) is 28.2. The molecule has 0 atom stereocenters. The van der Waals surface area contributed by atoms with E-state index in [1.54, 1.807) is 66.7 Å². The second kappa shape index (κ2) is 12.8. The van der Waals surface area contributed by atoms with E-state index in [2.05, 4.69) is 47.7 Å². The molecule has 0 aromatic heterocycles. The number of nitrogens with one attached hydrogen (secondary N) is 2. The highest BCUT2D eigenvalue weighted by Gasteiger charge is 2.16. The smallest absolute Gasteiger partial charge is 0.343 e. The minimum absolute atomic E-state index is 0.242. The molecule has 0 spiro atoms. The molecule has 7 nitrogen and oxygen atoms in total. The summed E-state index contributed by atoms with van der Waals surface area (Å²) in [6.07, 6.45) is 1.37. The number of anilines is 1. The first-order valence-corrected chi connectivity index (χ1v) is 13.4. The lowest BCUT2D eigenvalue weighted by Crippen LogP contribution is -2.18. The number of carbonyl (C=O) groups excluding carboxylic acids is 3. The van der Waals surface area contributed by atoms with Crippen molar-refractivity contribution in [3.63, 3.8) is 0 Å². The number of hydrogen-bond acceptors (Lipinski definition) is 5. The summed E-state index contributed by atoms with van der Waals surface area (Å²) in [7, 11) is 0. The number of rotatable bonds is 7. The quantitative estimate of drug-likeness (QED) is 0.0928. The summed E-state index contributed by atoms with van der Waals surface area (Å²) < 4.78 is 6.86. The average Bonchev–Trinajstić information content (AvgIpc) is 2.91. The van der Waals surface area contributed by atoms with E-state index in [0.717, 1.165) is 5.56 Å². The molecule has 2 amide bonds. The fraction of sp³-hybridized carbons (Fsp3) is 0.0345. The minimum Gasteiger partial charge on any atom is -0.421 e. The third kappa shape index (κ3) is 7.41. The highest BCUT2D eigenvalue weighted by molar-refractivity contribution is 9.11. The van der Waals surface area contributed by atoms with Gasteiger partial charge in [0.25, 0.3) is 11.8 Å². The van der Waals surface area contributed by atoms with E-state index < -0.39 is 17.8 Å². The third-order valence-corrected chi connectivity index (χ3v) is 6.77. The highest BCUT2D eigenvalue weighted by Crippen LogP contribution is 2.32. The van der Waals surface area contributed by atoms with Crippen LogP contribution in [-0.2, 0) is 0 Å². The SMILES string of the molecule is Cc1ccc(C(=O)Oc2c(Br)cc(Br)cc2C=NNC(=O)c2cccc(NC(=O)c3ccccc3Cl)c2)cc1. The maximum atomic E-state index is 12.7. The van der Waals surface area contributed by atoms with Gasteiger partial charge in [-0.2, -0.15) is 5.10 Å². The second-order valence-electron chi connectivity index (χ2n) is 8.28. The van der Waals surface area contributed by atoms with E-state index in [-0.39, 0.29) is 11.3 Å². The van der Waals surface area contributed by atoms with Crippen molar-refractivity contribution in [1.29, 1.82) is 0 Å². The van der Waals surface area contributed by atoms with Gasteiger partial charge in [0.2, 0.25) is 0 Å². The molecule has 2 N–H and O–H groups in total. The van der Waals surface area contributed by atoms with Crippen LogP contribution in [0, 0.1) is 6.92 Å². The second-order valence-corrected chi connectivity index (χ2v) is 10.5. The molecule has 0 fully saturated rings.